The van der Waals surface area contributed by atoms with Gasteiger partial charge in [0.05, 0.1) is 28.5 Å². The van der Waals surface area contributed by atoms with Gasteiger partial charge in [-0.15, -0.1) is 0 Å². The Morgan fingerprint density at radius 1 is 1.19 bits per heavy atom. The molecule has 9 nitrogen and oxygen atoms in total. The number of aromatic nitrogens is 1. The highest BCUT2D eigenvalue weighted by molar-refractivity contribution is 7.07. The fourth-order valence-corrected chi connectivity index (χ4v) is 5.00. The predicted octanol–water partition coefficient (Wildman–Crippen LogP) is 2.54. The van der Waals surface area contributed by atoms with Crippen molar-refractivity contribution in [3.8, 4) is 5.75 Å². The van der Waals surface area contributed by atoms with Crippen molar-refractivity contribution in [2.24, 2.45) is 4.99 Å². The maximum absolute atomic E-state index is 13.7. The summed E-state index contributed by atoms with van der Waals surface area (Å²) in [5.41, 5.74) is 1.68. The Bertz CT molecular complexity index is 1540. The molecular weight excluding hydrogens is 520 g/mol. The molecule has 1 aliphatic heterocycles. The van der Waals surface area contributed by atoms with Crippen molar-refractivity contribution >= 4 is 41.0 Å². The molecule has 37 heavy (non-hydrogen) atoms. The maximum atomic E-state index is 13.7. The number of carboxylic acids is 1. The van der Waals surface area contributed by atoms with Crippen LogP contribution < -0.4 is 19.6 Å². The van der Waals surface area contributed by atoms with Gasteiger partial charge in [0.1, 0.15) is 12.4 Å². The molecule has 0 bridgehead atoms. The minimum Gasteiger partial charge on any atom is -0.482 e. The molecule has 0 aliphatic carbocycles. The first-order valence-electron chi connectivity index (χ1n) is 11.2. The van der Waals surface area contributed by atoms with Crippen LogP contribution in [0.3, 0.4) is 0 Å². The van der Waals surface area contributed by atoms with E-state index in [-0.39, 0.29) is 24.3 Å². The highest BCUT2D eigenvalue weighted by atomic mass is 35.5. The van der Waals surface area contributed by atoms with Gasteiger partial charge in [-0.05, 0) is 48.4 Å². The second-order valence-corrected chi connectivity index (χ2v) is 9.46. The van der Waals surface area contributed by atoms with Gasteiger partial charge >= 0.3 is 11.9 Å². The first kappa shape index (κ1) is 26.3. The van der Waals surface area contributed by atoms with Crippen LogP contribution in [0.5, 0.6) is 5.75 Å². The number of thiazole rings is 1. The van der Waals surface area contributed by atoms with Crippen molar-refractivity contribution in [1.29, 1.82) is 0 Å². The van der Waals surface area contributed by atoms with Gasteiger partial charge < -0.3 is 19.3 Å². The molecule has 0 saturated heterocycles. The van der Waals surface area contributed by atoms with E-state index in [1.54, 1.807) is 61.5 Å². The molecule has 0 radical (unpaired) electrons. The zero-order chi connectivity index (χ0) is 26.5. The van der Waals surface area contributed by atoms with E-state index in [1.165, 1.54) is 23.0 Å². The molecule has 0 fully saturated rings. The van der Waals surface area contributed by atoms with Crippen LogP contribution >= 0.6 is 22.9 Å². The van der Waals surface area contributed by atoms with Crippen LogP contribution in [0, 0.1) is 0 Å². The summed E-state index contributed by atoms with van der Waals surface area (Å²) in [7, 11) is 1.51. The molecule has 1 unspecified atom stereocenters. The molecule has 1 atom stereocenters. The van der Waals surface area contributed by atoms with Crippen LogP contribution in [0.1, 0.15) is 24.1 Å². The smallest absolute Gasteiger partial charge is 0.341 e. The number of allylic oxidation sites excluding steroid dienone is 1. The first-order chi connectivity index (χ1) is 17.8. The van der Waals surface area contributed by atoms with Gasteiger partial charge in [0, 0.05) is 12.1 Å². The summed E-state index contributed by atoms with van der Waals surface area (Å²) in [5.74, 6) is -1.32. The van der Waals surface area contributed by atoms with Crippen LogP contribution in [-0.2, 0) is 19.1 Å². The number of methoxy groups -OCH3 is 1. The number of hydrogen-bond acceptors (Lipinski definition) is 8. The van der Waals surface area contributed by atoms with Crippen LogP contribution in [-0.4, -0.2) is 48.5 Å². The molecule has 0 spiro atoms. The van der Waals surface area contributed by atoms with Crippen molar-refractivity contribution in [2.45, 2.75) is 13.0 Å². The van der Waals surface area contributed by atoms with E-state index in [4.69, 9.17) is 30.9 Å². The van der Waals surface area contributed by atoms with Gasteiger partial charge in [-0.1, -0.05) is 47.2 Å². The number of carbonyl (C=O) groups excluding carboxylic acids is 1. The van der Waals surface area contributed by atoms with Crippen molar-refractivity contribution in [3.63, 3.8) is 0 Å². The van der Waals surface area contributed by atoms with Gasteiger partial charge in [0.2, 0.25) is 0 Å². The van der Waals surface area contributed by atoms with Crippen molar-refractivity contribution in [1.82, 2.24) is 4.57 Å². The predicted molar refractivity (Wildman–Crippen MR) is 138 cm³/mol. The lowest BCUT2D eigenvalue weighted by Crippen LogP contribution is -2.40. The number of hydrogen-bond donors (Lipinski definition) is 1. The van der Waals surface area contributed by atoms with Crippen LogP contribution in [0.25, 0.3) is 6.08 Å². The van der Waals surface area contributed by atoms with Gasteiger partial charge in [-0.3, -0.25) is 9.36 Å². The molecule has 2 aromatic carbocycles. The Hall–Kier alpha value is -3.73. The van der Waals surface area contributed by atoms with Crippen LogP contribution in [0.15, 0.2) is 69.6 Å². The quantitative estimate of drug-likeness (QED) is 0.326. The lowest BCUT2D eigenvalue weighted by molar-refractivity contribution is -0.141. The molecular formula is C26H23ClN2O7S. The lowest BCUT2D eigenvalue weighted by atomic mass is 9.96. The van der Waals surface area contributed by atoms with Crippen molar-refractivity contribution in [3.05, 3.63) is 95.6 Å². The van der Waals surface area contributed by atoms with E-state index < -0.39 is 24.6 Å². The molecule has 1 aliphatic rings. The average Bonchev–Trinajstić information content (AvgIpc) is 3.17. The number of carbonyl (C=O) groups is 2. The number of fused-ring (bicyclic) bond motifs is 1. The number of ether oxygens (including phenoxy) is 3. The molecule has 192 valence electrons. The summed E-state index contributed by atoms with van der Waals surface area (Å²) < 4.78 is 17.5. The number of esters is 1. The van der Waals surface area contributed by atoms with Crippen molar-refractivity contribution < 1.29 is 28.9 Å². The second-order valence-electron chi connectivity index (χ2n) is 8.02. The highest BCUT2D eigenvalue weighted by Gasteiger charge is 2.33. The van der Waals surface area contributed by atoms with Crippen LogP contribution in [0.4, 0.5) is 0 Å². The number of halogens is 1. The molecule has 0 saturated carbocycles. The Labute approximate surface area is 220 Å². The fraction of sp³-hybridized carbons (Fsp3) is 0.231. The number of carboxylic acid groups (broad SMARTS) is 1. The number of aliphatic carboxylic acids is 1. The number of nitrogens with zero attached hydrogens (tertiary/aromatic N) is 2. The topological polar surface area (TPSA) is 116 Å². The van der Waals surface area contributed by atoms with Gasteiger partial charge in [-0.25, -0.2) is 14.6 Å². The molecule has 1 N–H and O–H groups in total. The minimum atomic E-state index is -1.09. The van der Waals surface area contributed by atoms with E-state index in [2.05, 4.69) is 4.99 Å². The highest BCUT2D eigenvalue weighted by Crippen LogP contribution is 2.31. The van der Waals surface area contributed by atoms with E-state index >= 15 is 0 Å². The molecule has 11 heteroatoms. The Morgan fingerprint density at radius 3 is 2.65 bits per heavy atom. The van der Waals surface area contributed by atoms with E-state index in [0.29, 0.717) is 36.9 Å². The third-order valence-corrected chi connectivity index (χ3v) is 6.70. The molecule has 2 heterocycles. The summed E-state index contributed by atoms with van der Waals surface area (Å²) in [5, 5.41) is 9.37. The van der Waals surface area contributed by atoms with E-state index in [1.807, 2.05) is 0 Å². The van der Waals surface area contributed by atoms with E-state index in [9.17, 15) is 14.4 Å². The Balaban J connectivity index is 1.81. The van der Waals surface area contributed by atoms with E-state index in [0.717, 1.165) is 0 Å². The zero-order valence-electron chi connectivity index (χ0n) is 20.0. The van der Waals surface area contributed by atoms with Gasteiger partial charge in [0.25, 0.3) is 5.56 Å². The third-order valence-electron chi connectivity index (χ3n) is 5.47. The number of benzene rings is 2. The first-order valence-corrected chi connectivity index (χ1v) is 12.4. The average molecular weight is 543 g/mol. The summed E-state index contributed by atoms with van der Waals surface area (Å²) >= 11 is 7.27. The zero-order valence-corrected chi connectivity index (χ0v) is 21.5. The normalized spacial score (nSPS) is 15.2. The summed E-state index contributed by atoms with van der Waals surface area (Å²) in [6.45, 7) is 1.52. The molecule has 1 aromatic heterocycles. The maximum Gasteiger partial charge on any atom is 0.341 e. The summed E-state index contributed by atoms with van der Waals surface area (Å²) in [6, 6.07) is 12.9. The lowest BCUT2D eigenvalue weighted by Gasteiger charge is -2.24. The minimum absolute atomic E-state index is 0.0597. The van der Waals surface area contributed by atoms with Gasteiger partial charge in [0.15, 0.2) is 11.4 Å². The monoisotopic (exact) mass is 542 g/mol. The standard InChI is InChI=1S/C26H23ClN2O7S/c1-15-22(25(33)35-11-10-34-2)23(17-6-8-18(27)9-7-17)29-24(32)20(37-26(29)28-15)13-16-4-3-5-19(12-16)36-14-21(30)31/h3-9,12-13,23H,10-11,14H2,1-2H3,(H,30,31). The van der Waals surface area contributed by atoms with Crippen LogP contribution in [0.2, 0.25) is 5.02 Å². The summed E-state index contributed by atoms with van der Waals surface area (Å²) in [4.78, 5) is 42.6. The number of rotatable bonds is 9. The molecule has 0 amide bonds. The largest absolute Gasteiger partial charge is 0.482 e. The molecule has 3 aromatic rings. The Morgan fingerprint density at radius 2 is 1.95 bits per heavy atom. The fourth-order valence-electron chi connectivity index (χ4n) is 3.83. The molecule has 4 rings (SSSR count). The van der Waals surface area contributed by atoms with Gasteiger partial charge in [-0.2, -0.15) is 0 Å². The summed E-state index contributed by atoms with van der Waals surface area (Å²) in [6.07, 6.45) is 1.67. The van der Waals surface area contributed by atoms with Crippen molar-refractivity contribution in [2.75, 3.05) is 26.9 Å². The third kappa shape index (κ3) is 5.99. The SMILES string of the molecule is COCCOC(=O)C1=C(C)N=c2sc(=Cc3cccc(OCC(=O)O)c3)c(=O)n2C1c1ccc(Cl)cc1. The second kappa shape index (κ2) is 11.5. The Kier molecular flexibility index (Phi) is 8.22.